The smallest absolute Gasteiger partial charge is 0.265 e. The summed E-state index contributed by atoms with van der Waals surface area (Å²) < 4.78 is 54.6. The number of ether oxygens (including phenoxy) is 2. The average Bonchev–Trinajstić information content (AvgIpc) is 3.36. The largest absolute Gasteiger partial charge is 0.493 e. The van der Waals surface area contributed by atoms with Gasteiger partial charge in [-0.1, -0.05) is 17.2 Å². The van der Waals surface area contributed by atoms with Gasteiger partial charge >= 0.3 is 0 Å². The maximum absolute atomic E-state index is 11.1. The van der Waals surface area contributed by atoms with Crippen LogP contribution >= 0.6 is 12.0 Å². The van der Waals surface area contributed by atoms with E-state index in [1.54, 1.807) is 18.3 Å². The Kier molecular flexibility index (Phi) is 8.08. The van der Waals surface area contributed by atoms with Crippen LogP contribution < -0.4 is 14.0 Å². The Morgan fingerprint density at radius 2 is 1.94 bits per heavy atom. The summed E-state index contributed by atoms with van der Waals surface area (Å²) in [7, 11) is -1.06. The lowest BCUT2D eigenvalue weighted by molar-refractivity contribution is -0.671. The van der Waals surface area contributed by atoms with Crippen LogP contribution in [0.15, 0.2) is 64.2 Å². The number of pyridine rings is 1. The van der Waals surface area contributed by atoms with Gasteiger partial charge in [0.25, 0.3) is 10.1 Å². The van der Waals surface area contributed by atoms with Crippen molar-refractivity contribution in [3.63, 3.8) is 0 Å². The molecule has 36 heavy (non-hydrogen) atoms. The van der Waals surface area contributed by atoms with Crippen LogP contribution in [0.3, 0.4) is 0 Å². The fraction of sp³-hybridized carbons (Fsp3) is 0.217. The minimum absolute atomic E-state index is 0.265. The highest BCUT2D eigenvalue weighted by Gasteiger charge is 2.20. The second-order valence-electron chi connectivity index (χ2n) is 7.55. The quantitative estimate of drug-likeness (QED) is 0.0939. The first kappa shape index (κ1) is 25.9. The number of hydrogen-bond donors (Lipinski definition) is 2. The third kappa shape index (κ3) is 5.78. The van der Waals surface area contributed by atoms with E-state index in [2.05, 4.69) is 14.4 Å². The Hall–Kier alpha value is -3.20. The minimum atomic E-state index is -4.02. The summed E-state index contributed by atoms with van der Waals surface area (Å²) >= 11 is 0.729. The highest BCUT2D eigenvalue weighted by Crippen LogP contribution is 2.42. The van der Waals surface area contributed by atoms with E-state index in [0.717, 1.165) is 28.5 Å². The summed E-state index contributed by atoms with van der Waals surface area (Å²) in [5.74, 6) is 1.31. The Balaban J connectivity index is 1.70. The van der Waals surface area contributed by atoms with E-state index in [0.29, 0.717) is 40.2 Å². The van der Waals surface area contributed by atoms with Crippen molar-refractivity contribution >= 4 is 33.1 Å². The zero-order valence-corrected chi connectivity index (χ0v) is 20.9. The summed E-state index contributed by atoms with van der Waals surface area (Å²) in [5.41, 5.74) is 2.22. The second kappa shape index (κ2) is 11.2. The van der Waals surface area contributed by atoms with Gasteiger partial charge in [-0.3, -0.25) is 4.55 Å². The van der Waals surface area contributed by atoms with Crippen molar-refractivity contribution in [3.8, 4) is 34.3 Å². The zero-order valence-electron chi connectivity index (χ0n) is 19.3. The van der Waals surface area contributed by atoms with Crippen molar-refractivity contribution < 1.29 is 46.1 Å². The van der Waals surface area contributed by atoms with Crippen molar-refractivity contribution in [1.82, 2.24) is 4.98 Å². The molecule has 4 aromatic rings. The number of hydrogen-bond acceptors (Lipinski definition) is 10. The van der Waals surface area contributed by atoms with Crippen LogP contribution in [0, 0.1) is 0 Å². The lowest BCUT2D eigenvalue weighted by atomic mass is 10.1. The van der Waals surface area contributed by atoms with Crippen molar-refractivity contribution in [3.05, 3.63) is 54.9 Å². The number of methoxy groups -OCH3 is 2. The number of rotatable bonds is 11. The topological polar surface area (TPSA) is 141 Å². The standard InChI is InChI=1S/C23H22N2O9S2/c1-30-19-12-15(13-21(22(19)31-2)35-34-33-26)20-14-24-23(32-20)17-8-10-25(9-5-11-36(27,28)29)18-7-4-3-6-16(17)18/h3-4,6-8,10,12-14H,5,9,11H2,1-2H3,(H-,26,27,28,29)/p+1. The molecule has 2 aromatic carbocycles. The van der Waals surface area contributed by atoms with Gasteiger partial charge < -0.3 is 13.9 Å². The molecule has 0 spiro atoms. The first-order valence-corrected chi connectivity index (χ1v) is 12.9. The van der Waals surface area contributed by atoms with Crippen LogP contribution in [0.5, 0.6) is 11.5 Å². The highest BCUT2D eigenvalue weighted by atomic mass is 32.2. The van der Waals surface area contributed by atoms with Crippen LogP contribution in [0.2, 0.25) is 0 Å². The van der Waals surface area contributed by atoms with E-state index < -0.39 is 10.1 Å². The average molecular weight is 536 g/mol. The molecular formula is C23H23N2O9S2+. The Bertz CT molecular complexity index is 1470. The summed E-state index contributed by atoms with van der Waals surface area (Å²) in [5, 5.41) is 13.1. The molecule has 190 valence electrons. The van der Waals surface area contributed by atoms with Crippen molar-refractivity contribution in [1.29, 1.82) is 0 Å². The Labute approximate surface area is 211 Å². The number of nitrogens with zero attached hydrogens (tertiary/aromatic N) is 2. The van der Waals surface area contributed by atoms with Gasteiger partial charge in [-0.2, -0.15) is 13.0 Å². The number of fused-ring (bicyclic) bond motifs is 1. The summed E-state index contributed by atoms with van der Waals surface area (Å²) in [6, 6.07) is 12.9. The molecule has 2 heterocycles. The first-order chi connectivity index (χ1) is 17.3. The fourth-order valence-electron chi connectivity index (χ4n) is 3.80. The molecule has 0 saturated carbocycles. The maximum Gasteiger partial charge on any atom is 0.265 e. The number of oxazole rings is 1. The molecule has 0 unspecified atom stereocenters. The summed E-state index contributed by atoms with van der Waals surface area (Å²) in [6.07, 6.45) is 3.67. The van der Waals surface area contributed by atoms with Gasteiger partial charge in [-0.25, -0.2) is 10.2 Å². The van der Waals surface area contributed by atoms with Gasteiger partial charge in [0, 0.05) is 24.1 Å². The Morgan fingerprint density at radius 1 is 1.14 bits per heavy atom. The third-order valence-corrected chi connectivity index (χ3v) is 6.76. The molecule has 4 rings (SSSR count). The summed E-state index contributed by atoms with van der Waals surface area (Å²) in [6.45, 7) is 0.406. The first-order valence-electron chi connectivity index (χ1n) is 10.6. The molecule has 0 bridgehead atoms. The summed E-state index contributed by atoms with van der Waals surface area (Å²) in [4.78, 5) is 4.93. The molecule has 13 heteroatoms. The molecule has 0 aliphatic rings. The van der Waals surface area contributed by atoms with Crippen molar-refractivity contribution in [2.45, 2.75) is 17.9 Å². The van der Waals surface area contributed by atoms with E-state index in [9.17, 15) is 8.42 Å². The molecule has 0 fully saturated rings. The maximum atomic E-state index is 11.1. The van der Waals surface area contributed by atoms with Crippen molar-refractivity contribution in [2.24, 2.45) is 0 Å². The molecule has 11 nitrogen and oxygen atoms in total. The monoisotopic (exact) mass is 535 g/mol. The minimum Gasteiger partial charge on any atom is -0.493 e. The normalized spacial score (nSPS) is 11.7. The molecule has 2 N–H and O–H groups in total. The van der Waals surface area contributed by atoms with E-state index in [1.165, 1.54) is 14.2 Å². The molecule has 0 saturated heterocycles. The van der Waals surface area contributed by atoms with Gasteiger partial charge in [0.2, 0.25) is 11.4 Å². The molecule has 0 aliphatic carbocycles. The van der Waals surface area contributed by atoms with Crippen LogP contribution in [0.4, 0.5) is 0 Å². The highest BCUT2D eigenvalue weighted by molar-refractivity contribution is 7.94. The number of para-hydroxylation sites is 1. The molecule has 0 amide bonds. The molecular weight excluding hydrogens is 512 g/mol. The van der Waals surface area contributed by atoms with E-state index >= 15 is 0 Å². The van der Waals surface area contributed by atoms with Gasteiger partial charge in [-0.15, -0.1) is 4.33 Å². The zero-order chi connectivity index (χ0) is 25.7. The van der Waals surface area contributed by atoms with Gasteiger partial charge in [-0.05, 0) is 18.2 Å². The van der Waals surface area contributed by atoms with Gasteiger partial charge in [0.15, 0.2) is 23.5 Å². The SMILES string of the molecule is COc1cc(-c2cnc(-c3cc[n+](CCCS(=O)(=O)O)c4ccccc34)o2)cc(SOOO)c1OC. The number of aromatic nitrogens is 2. The van der Waals surface area contributed by atoms with E-state index in [-0.39, 0.29) is 12.2 Å². The lowest BCUT2D eigenvalue weighted by Gasteiger charge is -2.12. The Morgan fingerprint density at radius 3 is 2.67 bits per heavy atom. The van der Waals surface area contributed by atoms with E-state index in [4.69, 9.17) is 23.7 Å². The van der Waals surface area contributed by atoms with Crippen molar-refractivity contribution in [2.75, 3.05) is 20.0 Å². The van der Waals surface area contributed by atoms with Crippen LogP contribution in [0.1, 0.15) is 6.42 Å². The van der Waals surface area contributed by atoms with Crippen LogP contribution in [-0.4, -0.2) is 43.2 Å². The fourth-order valence-corrected chi connectivity index (χ4v) is 4.84. The molecule has 0 atom stereocenters. The van der Waals surface area contributed by atoms with Gasteiger partial charge in [0.05, 0.1) is 54.1 Å². The molecule has 2 aromatic heterocycles. The van der Waals surface area contributed by atoms with E-state index in [1.807, 2.05) is 41.1 Å². The van der Waals surface area contributed by atoms with Crippen LogP contribution in [-0.2, 0) is 26.0 Å². The number of aryl methyl sites for hydroxylation is 1. The molecule has 0 radical (unpaired) electrons. The predicted molar refractivity (Wildman–Crippen MR) is 130 cm³/mol. The third-order valence-electron chi connectivity index (χ3n) is 5.35. The molecule has 0 aliphatic heterocycles. The van der Waals surface area contributed by atoms with Crippen LogP contribution in [0.25, 0.3) is 33.7 Å². The second-order valence-corrected chi connectivity index (χ2v) is 9.86. The van der Waals surface area contributed by atoms with Gasteiger partial charge in [0.1, 0.15) is 6.54 Å². The predicted octanol–water partition coefficient (Wildman–Crippen LogP) is 4.17. The lowest BCUT2D eigenvalue weighted by Crippen LogP contribution is -2.35. The number of benzene rings is 2.